The fourth-order valence-corrected chi connectivity index (χ4v) is 3.52. The molecule has 0 unspecified atom stereocenters. The Balaban J connectivity index is 1.92. The van der Waals surface area contributed by atoms with E-state index in [4.69, 9.17) is 16.3 Å². The first-order chi connectivity index (χ1) is 12.9. The second kappa shape index (κ2) is 8.06. The third-order valence-electron chi connectivity index (χ3n) is 4.26. The lowest BCUT2D eigenvalue weighted by Crippen LogP contribution is -2.36. The van der Waals surface area contributed by atoms with Crippen molar-refractivity contribution in [2.24, 2.45) is 0 Å². The van der Waals surface area contributed by atoms with E-state index in [-0.39, 0.29) is 18.6 Å². The smallest absolute Gasteiger partial charge is 0.339 e. The maximum atomic E-state index is 12.7. The third-order valence-corrected chi connectivity index (χ3v) is 5.51. The lowest BCUT2D eigenvalue weighted by Gasteiger charge is -2.21. The van der Waals surface area contributed by atoms with Gasteiger partial charge in [-0.05, 0) is 38.1 Å². The first kappa shape index (κ1) is 19.3. The molecule has 3 rings (SSSR count). The van der Waals surface area contributed by atoms with Gasteiger partial charge in [-0.15, -0.1) is 11.3 Å². The predicted molar refractivity (Wildman–Crippen MR) is 108 cm³/mol. The van der Waals surface area contributed by atoms with Crippen LogP contribution in [-0.2, 0) is 9.53 Å². The number of nitrogens with zero attached hydrogens (tertiary/aromatic N) is 2. The van der Waals surface area contributed by atoms with Crippen LogP contribution < -0.4 is 0 Å². The number of ether oxygens (including phenoxy) is 1. The Labute approximate surface area is 166 Å². The highest BCUT2D eigenvalue weighted by molar-refractivity contribution is 7.19. The van der Waals surface area contributed by atoms with Gasteiger partial charge in [0.05, 0.1) is 26.0 Å². The van der Waals surface area contributed by atoms with Crippen molar-refractivity contribution in [3.05, 3.63) is 52.4 Å². The van der Waals surface area contributed by atoms with Crippen LogP contribution in [0.25, 0.3) is 21.5 Å². The van der Waals surface area contributed by atoms with Gasteiger partial charge < -0.3 is 9.64 Å². The minimum Gasteiger partial charge on any atom is -0.452 e. The highest BCUT2D eigenvalue weighted by Gasteiger charge is 2.19. The Morgan fingerprint density at radius 1 is 1.22 bits per heavy atom. The summed E-state index contributed by atoms with van der Waals surface area (Å²) in [5.41, 5.74) is 1.69. The van der Waals surface area contributed by atoms with Crippen LogP contribution in [-0.4, -0.2) is 41.5 Å². The number of fused-ring (bicyclic) bond motifs is 1. The van der Waals surface area contributed by atoms with Crippen molar-refractivity contribution in [1.82, 2.24) is 9.88 Å². The van der Waals surface area contributed by atoms with Gasteiger partial charge in [0.1, 0.15) is 0 Å². The number of carbonyl (C=O) groups is 2. The number of esters is 1. The van der Waals surface area contributed by atoms with Crippen molar-refractivity contribution < 1.29 is 14.3 Å². The number of pyridine rings is 1. The molecule has 7 heteroatoms. The van der Waals surface area contributed by atoms with Crippen molar-refractivity contribution in [2.45, 2.75) is 19.9 Å². The standard InChI is InChI=1S/C20H19ClN2O3S/c1-12(2)23(3)19(24)11-26-20(25)14-10-16(17-8-9-18(21)27-17)22-15-7-5-4-6-13(14)15/h4-10,12H,11H2,1-3H3. The number of aromatic nitrogens is 1. The van der Waals surface area contributed by atoms with Crippen LogP contribution in [0.3, 0.4) is 0 Å². The number of amides is 1. The highest BCUT2D eigenvalue weighted by Crippen LogP contribution is 2.32. The van der Waals surface area contributed by atoms with Crippen LogP contribution in [0, 0.1) is 0 Å². The molecular weight excluding hydrogens is 384 g/mol. The van der Waals surface area contributed by atoms with E-state index in [1.807, 2.05) is 44.2 Å². The molecule has 0 saturated heterocycles. The van der Waals surface area contributed by atoms with Gasteiger partial charge in [0, 0.05) is 18.5 Å². The van der Waals surface area contributed by atoms with Gasteiger partial charge in [-0.25, -0.2) is 9.78 Å². The average molecular weight is 403 g/mol. The van der Waals surface area contributed by atoms with E-state index >= 15 is 0 Å². The number of para-hydroxylation sites is 1. The van der Waals surface area contributed by atoms with E-state index in [9.17, 15) is 9.59 Å². The third kappa shape index (κ3) is 4.28. The topological polar surface area (TPSA) is 59.5 Å². The maximum absolute atomic E-state index is 12.7. The number of hydrogen-bond acceptors (Lipinski definition) is 5. The summed E-state index contributed by atoms with van der Waals surface area (Å²) in [5.74, 6) is -0.801. The first-order valence-corrected chi connectivity index (χ1v) is 9.64. The monoisotopic (exact) mass is 402 g/mol. The average Bonchev–Trinajstić information content (AvgIpc) is 3.10. The summed E-state index contributed by atoms with van der Waals surface area (Å²) in [7, 11) is 1.68. The Kier molecular flexibility index (Phi) is 5.77. The molecule has 140 valence electrons. The maximum Gasteiger partial charge on any atom is 0.339 e. The van der Waals surface area contributed by atoms with E-state index in [2.05, 4.69) is 4.98 Å². The molecule has 0 atom stereocenters. The van der Waals surface area contributed by atoms with Crippen LogP contribution in [0.15, 0.2) is 42.5 Å². The molecule has 0 aliphatic rings. The van der Waals surface area contributed by atoms with Crippen LogP contribution in [0.2, 0.25) is 4.34 Å². The minimum atomic E-state index is -0.553. The lowest BCUT2D eigenvalue weighted by molar-refractivity contribution is -0.134. The SMILES string of the molecule is CC(C)N(C)C(=O)COC(=O)c1cc(-c2ccc(Cl)s2)nc2ccccc12. The molecule has 3 aromatic rings. The molecule has 1 amide bonds. The number of hydrogen-bond donors (Lipinski definition) is 0. The molecule has 0 aliphatic carbocycles. The molecule has 5 nitrogen and oxygen atoms in total. The second-order valence-corrected chi connectivity index (χ2v) is 8.07. The van der Waals surface area contributed by atoms with Crippen molar-refractivity contribution in [3.8, 4) is 10.6 Å². The van der Waals surface area contributed by atoms with Crippen molar-refractivity contribution in [3.63, 3.8) is 0 Å². The summed E-state index contributed by atoms with van der Waals surface area (Å²) >= 11 is 7.41. The van der Waals surface area contributed by atoms with Crippen LogP contribution in [0.4, 0.5) is 0 Å². The van der Waals surface area contributed by atoms with Gasteiger partial charge in [0.2, 0.25) is 0 Å². The molecule has 2 aromatic heterocycles. The summed E-state index contributed by atoms with van der Waals surface area (Å²) in [4.78, 5) is 31.8. The van der Waals surface area contributed by atoms with Crippen molar-refractivity contribution in [2.75, 3.05) is 13.7 Å². The molecule has 27 heavy (non-hydrogen) atoms. The van der Waals surface area contributed by atoms with Crippen LogP contribution in [0.5, 0.6) is 0 Å². The van der Waals surface area contributed by atoms with E-state index in [0.29, 0.717) is 26.5 Å². The van der Waals surface area contributed by atoms with Gasteiger partial charge in [0.25, 0.3) is 5.91 Å². The van der Waals surface area contributed by atoms with Gasteiger partial charge in [-0.2, -0.15) is 0 Å². The minimum absolute atomic E-state index is 0.0353. The fourth-order valence-electron chi connectivity index (χ4n) is 2.52. The first-order valence-electron chi connectivity index (χ1n) is 8.45. The van der Waals surface area contributed by atoms with Gasteiger partial charge in [-0.3, -0.25) is 4.79 Å². The summed E-state index contributed by atoms with van der Waals surface area (Å²) in [6, 6.07) is 12.7. The highest BCUT2D eigenvalue weighted by atomic mass is 35.5. The number of rotatable bonds is 5. The van der Waals surface area contributed by atoms with Gasteiger partial charge in [0.15, 0.2) is 6.61 Å². The molecule has 0 bridgehead atoms. The van der Waals surface area contributed by atoms with Gasteiger partial charge in [-0.1, -0.05) is 29.8 Å². The molecule has 0 spiro atoms. The zero-order valence-corrected chi connectivity index (χ0v) is 16.8. The Morgan fingerprint density at radius 2 is 1.96 bits per heavy atom. The normalized spacial score (nSPS) is 11.0. The Hall–Kier alpha value is -2.44. The van der Waals surface area contributed by atoms with E-state index in [0.717, 1.165) is 4.88 Å². The quantitative estimate of drug-likeness (QED) is 0.583. The Morgan fingerprint density at radius 3 is 2.63 bits per heavy atom. The van der Waals surface area contributed by atoms with Crippen molar-refractivity contribution >= 4 is 45.7 Å². The molecule has 0 saturated carbocycles. The molecule has 1 aromatic carbocycles. The molecule has 0 N–H and O–H groups in total. The Bertz CT molecular complexity index is 1000. The summed E-state index contributed by atoms with van der Waals surface area (Å²) in [6.07, 6.45) is 0. The van der Waals surface area contributed by atoms with Crippen LogP contribution in [0.1, 0.15) is 24.2 Å². The predicted octanol–water partition coefficient (Wildman–Crippen LogP) is 4.64. The second-order valence-electron chi connectivity index (χ2n) is 6.35. The summed E-state index contributed by atoms with van der Waals surface area (Å²) in [5, 5.41) is 0.679. The number of thiophene rings is 1. The summed E-state index contributed by atoms with van der Waals surface area (Å²) in [6.45, 7) is 3.49. The lowest BCUT2D eigenvalue weighted by atomic mass is 10.1. The van der Waals surface area contributed by atoms with E-state index < -0.39 is 5.97 Å². The van der Waals surface area contributed by atoms with E-state index in [1.165, 1.54) is 16.2 Å². The fraction of sp³-hybridized carbons (Fsp3) is 0.250. The number of halogens is 1. The molecular formula is C20H19ClN2O3S. The molecule has 0 radical (unpaired) electrons. The zero-order valence-electron chi connectivity index (χ0n) is 15.2. The number of likely N-dealkylation sites (N-methyl/N-ethyl adjacent to an activating group) is 1. The number of carbonyl (C=O) groups excluding carboxylic acids is 2. The van der Waals surface area contributed by atoms with Crippen LogP contribution >= 0.6 is 22.9 Å². The molecule has 0 fully saturated rings. The molecule has 0 aliphatic heterocycles. The van der Waals surface area contributed by atoms with E-state index in [1.54, 1.807) is 19.2 Å². The summed E-state index contributed by atoms with van der Waals surface area (Å²) < 4.78 is 5.93. The van der Waals surface area contributed by atoms with Crippen molar-refractivity contribution in [1.29, 1.82) is 0 Å². The molecule has 2 heterocycles. The number of benzene rings is 1. The largest absolute Gasteiger partial charge is 0.452 e. The zero-order chi connectivity index (χ0) is 19.6. The van der Waals surface area contributed by atoms with Gasteiger partial charge >= 0.3 is 5.97 Å².